The molecule has 0 spiro atoms. The summed E-state index contributed by atoms with van der Waals surface area (Å²) >= 11 is 0. The van der Waals surface area contributed by atoms with Crippen LogP contribution < -0.4 is 5.56 Å². The topological polar surface area (TPSA) is 54.6 Å². The zero-order valence-corrected chi connectivity index (χ0v) is 13.3. The molecule has 4 heteroatoms. The highest BCUT2D eigenvalue weighted by molar-refractivity contribution is 6.16. The minimum Gasteiger partial charge on any atom is -0.508 e. The zero-order chi connectivity index (χ0) is 16.6. The van der Waals surface area contributed by atoms with E-state index in [0.717, 1.165) is 38.3 Å². The first kappa shape index (κ1) is 13.3. The first-order valence-corrected chi connectivity index (χ1v) is 7.86. The van der Waals surface area contributed by atoms with Crippen LogP contribution in [0.1, 0.15) is 11.1 Å². The molecule has 0 fully saturated rings. The van der Waals surface area contributed by atoms with Crippen molar-refractivity contribution in [2.24, 2.45) is 0 Å². The molecule has 0 amide bonds. The van der Waals surface area contributed by atoms with Gasteiger partial charge >= 0.3 is 0 Å². The molecule has 0 bridgehead atoms. The quantitative estimate of drug-likeness (QED) is 0.471. The van der Waals surface area contributed by atoms with Crippen molar-refractivity contribution < 1.29 is 5.11 Å². The molecule has 5 rings (SSSR count). The number of imidazole rings is 1. The van der Waals surface area contributed by atoms with Crippen molar-refractivity contribution >= 4 is 38.2 Å². The van der Waals surface area contributed by atoms with Gasteiger partial charge in [0.2, 0.25) is 0 Å². The van der Waals surface area contributed by atoms with E-state index in [1.807, 2.05) is 50.2 Å². The van der Waals surface area contributed by atoms with Gasteiger partial charge in [0.25, 0.3) is 5.56 Å². The second-order valence-electron chi connectivity index (χ2n) is 6.36. The third-order valence-electron chi connectivity index (χ3n) is 4.89. The van der Waals surface area contributed by atoms with E-state index in [9.17, 15) is 9.90 Å². The van der Waals surface area contributed by atoms with Crippen molar-refractivity contribution in [2.75, 3.05) is 0 Å². The summed E-state index contributed by atoms with van der Waals surface area (Å²) in [5.74, 6) is 0.145. The maximum atomic E-state index is 13.1. The fraction of sp³-hybridized carbons (Fsp3) is 0.100. The number of nitrogens with zero attached hydrogens (tertiary/aromatic N) is 2. The molecule has 2 heterocycles. The minimum atomic E-state index is -0.143. The Bertz CT molecular complexity index is 1350. The summed E-state index contributed by atoms with van der Waals surface area (Å²) in [5.41, 5.74) is 4.02. The number of benzene rings is 3. The predicted octanol–water partition coefficient (Wildman–Crippen LogP) is 3.91. The Morgan fingerprint density at radius 2 is 1.79 bits per heavy atom. The number of phenols is 1. The Hall–Kier alpha value is -3.14. The molecule has 2 aromatic heterocycles. The zero-order valence-electron chi connectivity index (χ0n) is 13.3. The summed E-state index contributed by atoms with van der Waals surface area (Å²) in [7, 11) is 0. The SMILES string of the molecule is Cc1ccc2c(c1)nc1c3cccc4c(C)c(O)cc(c(=O)n21)c43. The average Bonchev–Trinajstić information content (AvgIpc) is 2.95. The highest BCUT2D eigenvalue weighted by Crippen LogP contribution is 2.35. The van der Waals surface area contributed by atoms with Crippen LogP contribution in [-0.2, 0) is 0 Å². The predicted molar refractivity (Wildman–Crippen MR) is 96.3 cm³/mol. The third kappa shape index (κ3) is 1.48. The summed E-state index contributed by atoms with van der Waals surface area (Å²) in [6.07, 6.45) is 0. The van der Waals surface area contributed by atoms with Crippen LogP contribution in [0.4, 0.5) is 0 Å². The molecule has 0 aliphatic rings. The van der Waals surface area contributed by atoms with Gasteiger partial charge in [0.05, 0.1) is 16.4 Å². The lowest BCUT2D eigenvalue weighted by atomic mass is 9.98. The highest BCUT2D eigenvalue weighted by Gasteiger charge is 2.18. The molecule has 4 nitrogen and oxygen atoms in total. The van der Waals surface area contributed by atoms with Gasteiger partial charge in [0.1, 0.15) is 11.4 Å². The first-order valence-electron chi connectivity index (χ1n) is 7.86. The van der Waals surface area contributed by atoms with E-state index in [1.165, 1.54) is 0 Å². The number of hydrogen-bond donors (Lipinski definition) is 1. The number of rotatable bonds is 0. The molecule has 0 radical (unpaired) electrons. The summed E-state index contributed by atoms with van der Waals surface area (Å²) in [4.78, 5) is 17.9. The maximum Gasteiger partial charge on any atom is 0.264 e. The molecule has 0 aliphatic heterocycles. The Kier molecular flexibility index (Phi) is 2.35. The summed E-state index contributed by atoms with van der Waals surface area (Å²) in [6.45, 7) is 3.88. The summed E-state index contributed by atoms with van der Waals surface area (Å²) in [6, 6.07) is 13.3. The van der Waals surface area contributed by atoms with Gasteiger partial charge < -0.3 is 5.11 Å². The van der Waals surface area contributed by atoms with Crippen molar-refractivity contribution in [3.63, 3.8) is 0 Å². The average molecular weight is 314 g/mol. The summed E-state index contributed by atoms with van der Waals surface area (Å²) < 4.78 is 1.65. The van der Waals surface area contributed by atoms with Crippen LogP contribution in [-0.4, -0.2) is 14.5 Å². The molecule has 116 valence electrons. The van der Waals surface area contributed by atoms with Crippen molar-refractivity contribution in [3.05, 3.63) is 63.9 Å². The number of pyridine rings is 1. The smallest absolute Gasteiger partial charge is 0.264 e. The normalized spacial score (nSPS) is 12.1. The Morgan fingerprint density at radius 3 is 2.62 bits per heavy atom. The fourth-order valence-electron chi connectivity index (χ4n) is 3.66. The fourth-order valence-corrected chi connectivity index (χ4v) is 3.66. The second-order valence-corrected chi connectivity index (χ2v) is 6.36. The first-order chi connectivity index (χ1) is 11.6. The lowest BCUT2D eigenvalue weighted by Crippen LogP contribution is -2.13. The lowest BCUT2D eigenvalue weighted by Gasteiger charge is -2.10. The molecule has 24 heavy (non-hydrogen) atoms. The van der Waals surface area contributed by atoms with E-state index >= 15 is 0 Å². The van der Waals surface area contributed by atoms with E-state index in [-0.39, 0.29) is 11.3 Å². The van der Waals surface area contributed by atoms with Crippen LogP contribution in [0.2, 0.25) is 0 Å². The largest absolute Gasteiger partial charge is 0.508 e. The van der Waals surface area contributed by atoms with E-state index < -0.39 is 0 Å². The van der Waals surface area contributed by atoms with Gasteiger partial charge in [-0.25, -0.2) is 4.98 Å². The number of aromatic nitrogens is 2. The molecule has 1 N–H and O–H groups in total. The van der Waals surface area contributed by atoms with Gasteiger partial charge in [0, 0.05) is 10.8 Å². The Morgan fingerprint density at radius 1 is 1.00 bits per heavy atom. The molecular formula is C20H14N2O2. The van der Waals surface area contributed by atoms with Crippen LogP contribution in [0.15, 0.2) is 47.3 Å². The number of aromatic hydroxyl groups is 1. The number of aryl methyl sites for hydroxylation is 2. The molecule has 0 aliphatic carbocycles. The molecule has 0 atom stereocenters. The second kappa shape index (κ2) is 4.23. The summed E-state index contributed by atoms with van der Waals surface area (Å²) in [5, 5.41) is 13.5. The number of hydrogen-bond acceptors (Lipinski definition) is 3. The Balaban J connectivity index is 2.20. The standard InChI is InChI=1S/C20H14N2O2/c1-10-6-7-16-15(8-10)21-19-13-5-3-4-12-11(2)17(23)9-14(18(12)13)20(24)22(16)19/h3-9,23H,1-2H3. The highest BCUT2D eigenvalue weighted by atomic mass is 16.3. The van der Waals surface area contributed by atoms with E-state index in [1.54, 1.807) is 10.5 Å². The number of fused-ring (bicyclic) bond motifs is 4. The molecular weight excluding hydrogens is 300 g/mol. The molecule has 0 saturated carbocycles. The number of phenolic OH excluding ortho intramolecular Hbond substituents is 1. The van der Waals surface area contributed by atoms with E-state index in [0.29, 0.717) is 11.0 Å². The maximum absolute atomic E-state index is 13.1. The minimum absolute atomic E-state index is 0.143. The van der Waals surface area contributed by atoms with Crippen molar-refractivity contribution in [1.29, 1.82) is 0 Å². The molecule has 0 saturated heterocycles. The van der Waals surface area contributed by atoms with Crippen LogP contribution in [0.5, 0.6) is 5.75 Å². The van der Waals surface area contributed by atoms with Crippen molar-refractivity contribution in [1.82, 2.24) is 9.38 Å². The van der Waals surface area contributed by atoms with Gasteiger partial charge in [-0.05, 0) is 48.6 Å². The lowest BCUT2D eigenvalue weighted by molar-refractivity contribution is 0.473. The van der Waals surface area contributed by atoms with Gasteiger partial charge in [-0.1, -0.05) is 24.3 Å². The Labute approximate surface area is 136 Å². The van der Waals surface area contributed by atoms with Gasteiger partial charge in [-0.2, -0.15) is 0 Å². The van der Waals surface area contributed by atoms with Gasteiger partial charge in [-0.3, -0.25) is 9.20 Å². The van der Waals surface area contributed by atoms with Crippen LogP contribution >= 0.6 is 0 Å². The van der Waals surface area contributed by atoms with Crippen molar-refractivity contribution in [2.45, 2.75) is 13.8 Å². The third-order valence-corrected chi connectivity index (χ3v) is 4.89. The van der Waals surface area contributed by atoms with Crippen LogP contribution in [0.25, 0.3) is 38.2 Å². The molecule has 5 aromatic rings. The van der Waals surface area contributed by atoms with E-state index in [2.05, 4.69) is 0 Å². The van der Waals surface area contributed by atoms with Gasteiger partial charge in [-0.15, -0.1) is 0 Å². The molecule has 3 aromatic carbocycles. The van der Waals surface area contributed by atoms with Crippen LogP contribution in [0.3, 0.4) is 0 Å². The van der Waals surface area contributed by atoms with Crippen molar-refractivity contribution in [3.8, 4) is 5.75 Å². The van der Waals surface area contributed by atoms with E-state index in [4.69, 9.17) is 4.98 Å². The van der Waals surface area contributed by atoms with Crippen LogP contribution in [0, 0.1) is 13.8 Å². The monoisotopic (exact) mass is 314 g/mol. The van der Waals surface area contributed by atoms with Gasteiger partial charge in [0.15, 0.2) is 0 Å². The molecule has 0 unspecified atom stereocenters.